The highest BCUT2D eigenvalue weighted by Gasteiger charge is 2.42. The Morgan fingerprint density at radius 2 is 2.00 bits per heavy atom. The summed E-state index contributed by atoms with van der Waals surface area (Å²) in [4.78, 5) is 0. The van der Waals surface area contributed by atoms with E-state index in [0.29, 0.717) is 27.6 Å². The van der Waals surface area contributed by atoms with Crippen molar-refractivity contribution in [3.05, 3.63) is 41.6 Å². The first-order valence-electron chi connectivity index (χ1n) is 9.10. The fourth-order valence-electron chi connectivity index (χ4n) is 3.68. The van der Waals surface area contributed by atoms with E-state index < -0.39 is 6.55 Å². The van der Waals surface area contributed by atoms with Gasteiger partial charge in [0.05, 0.1) is 24.7 Å². The number of alkyl halides is 2. The molecule has 2 unspecified atom stereocenters. The third kappa shape index (κ3) is 2.84. The largest absolute Gasteiger partial charge is 0.493 e. The van der Waals surface area contributed by atoms with Gasteiger partial charge < -0.3 is 4.74 Å². The fraction of sp³-hybridized carbons (Fsp3) is 0.389. The smallest absolute Gasteiger partial charge is 0.333 e. The van der Waals surface area contributed by atoms with Crippen LogP contribution in [0.15, 0.2) is 24.5 Å². The topological polar surface area (TPSA) is 88.0 Å². The second-order valence-electron chi connectivity index (χ2n) is 7.14. The number of aromatic nitrogens is 8. The van der Waals surface area contributed by atoms with Crippen LogP contribution < -0.4 is 4.74 Å². The van der Waals surface area contributed by atoms with Crippen molar-refractivity contribution in [2.75, 3.05) is 7.11 Å². The van der Waals surface area contributed by atoms with Crippen LogP contribution >= 0.6 is 0 Å². The van der Waals surface area contributed by atoms with Crippen LogP contribution in [0.2, 0.25) is 0 Å². The Hall–Kier alpha value is -3.37. The van der Waals surface area contributed by atoms with E-state index in [2.05, 4.69) is 25.5 Å². The van der Waals surface area contributed by atoms with Gasteiger partial charge in [-0.2, -0.15) is 28.6 Å². The Morgan fingerprint density at radius 3 is 2.72 bits per heavy atom. The van der Waals surface area contributed by atoms with Gasteiger partial charge in [-0.1, -0.05) is 0 Å². The standard InChI is InChI=1S/C18H18F2N8O/c1-9-22-23-17-16(29-3)6-14(25-28(9)17)15-5-13(24-26(15)2)12-4-11(12)10-7-21-27(8-10)18(19)20/h5-8,11-12,18H,4H2,1-3H3. The molecule has 4 heterocycles. The summed E-state index contributed by atoms with van der Waals surface area (Å²) in [6.45, 7) is -0.807. The first-order valence-corrected chi connectivity index (χ1v) is 9.10. The van der Waals surface area contributed by atoms with E-state index in [9.17, 15) is 8.78 Å². The van der Waals surface area contributed by atoms with Crippen molar-refractivity contribution in [3.8, 4) is 17.1 Å². The van der Waals surface area contributed by atoms with Crippen LogP contribution in [0, 0.1) is 6.92 Å². The highest BCUT2D eigenvalue weighted by Crippen LogP contribution is 2.54. The van der Waals surface area contributed by atoms with Gasteiger partial charge in [-0.15, -0.1) is 10.2 Å². The predicted octanol–water partition coefficient (Wildman–Crippen LogP) is 2.70. The molecule has 4 aromatic heterocycles. The van der Waals surface area contributed by atoms with E-state index in [-0.39, 0.29) is 11.8 Å². The molecule has 2 atom stereocenters. The Kier molecular flexibility index (Phi) is 3.86. The average Bonchev–Trinajstić information content (AvgIpc) is 3.04. The zero-order valence-electron chi connectivity index (χ0n) is 16.0. The van der Waals surface area contributed by atoms with Crippen LogP contribution in [0.25, 0.3) is 17.0 Å². The summed E-state index contributed by atoms with van der Waals surface area (Å²) in [5.74, 6) is 1.55. The molecule has 1 aliphatic carbocycles. The molecule has 4 aromatic rings. The van der Waals surface area contributed by atoms with E-state index in [0.717, 1.165) is 23.4 Å². The van der Waals surface area contributed by atoms with Crippen molar-refractivity contribution < 1.29 is 13.5 Å². The van der Waals surface area contributed by atoms with E-state index in [1.54, 1.807) is 22.4 Å². The fourth-order valence-corrected chi connectivity index (χ4v) is 3.68. The minimum atomic E-state index is -2.63. The quantitative estimate of drug-likeness (QED) is 0.512. The SMILES string of the molecule is COc1cc(-c2cc(C3CC3c3cnn(C(F)F)c3)nn2C)nn2c(C)nnc12. The molecule has 29 heavy (non-hydrogen) atoms. The lowest BCUT2D eigenvalue weighted by Crippen LogP contribution is -2.02. The molecule has 0 N–H and O–H groups in total. The number of aryl methyl sites for hydroxylation is 2. The van der Waals surface area contributed by atoms with Crippen LogP contribution in [-0.4, -0.2) is 46.5 Å². The monoisotopic (exact) mass is 400 g/mol. The number of hydrogen-bond donors (Lipinski definition) is 0. The molecule has 9 nitrogen and oxygen atoms in total. The zero-order chi connectivity index (χ0) is 20.3. The molecule has 0 saturated heterocycles. The van der Waals surface area contributed by atoms with Gasteiger partial charge in [0.1, 0.15) is 5.69 Å². The maximum absolute atomic E-state index is 12.8. The molecule has 1 saturated carbocycles. The first kappa shape index (κ1) is 17.7. The summed E-state index contributed by atoms with van der Waals surface area (Å²) in [6.07, 6.45) is 3.77. The highest BCUT2D eigenvalue weighted by molar-refractivity contribution is 5.63. The lowest BCUT2D eigenvalue weighted by Gasteiger charge is -2.06. The molecule has 0 bridgehead atoms. The van der Waals surface area contributed by atoms with E-state index >= 15 is 0 Å². The maximum Gasteiger partial charge on any atom is 0.333 e. The predicted molar refractivity (Wildman–Crippen MR) is 97.9 cm³/mol. The Morgan fingerprint density at radius 1 is 1.17 bits per heavy atom. The number of fused-ring (bicyclic) bond motifs is 1. The second-order valence-corrected chi connectivity index (χ2v) is 7.14. The molecular weight excluding hydrogens is 382 g/mol. The Bertz CT molecular complexity index is 1210. The number of halogens is 2. The molecule has 0 radical (unpaired) electrons. The van der Waals surface area contributed by atoms with Gasteiger partial charge in [0.2, 0.25) is 5.65 Å². The first-order chi connectivity index (χ1) is 14.0. The minimum Gasteiger partial charge on any atom is -0.493 e. The summed E-state index contributed by atoms with van der Waals surface area (Å²) in [6, 6.07) is 3.79. The summed E-state index contributed by atoms with van der Waals surface area (Å²) in [5.41, 5.74) is 3.76. The maximum atomic E-state index is 12.8. The van der Waals surface area contributed by atoms with E-state index in [1.807, 2.05) is 20.0 Å². The molecular formula is C18H18F2N8O. The minimum absolute atomic E-state index is 0.148. The van der Waals surface area contributed by atoms with Crippen molar-refractivity contribution in [2.45, 2.75) is 31.7 Å². The third-order valence-corrected chi connectivity index (χ3v) is 5.29. The normalized spacial score (nSPS) is 18.7. The number of methoxy groups -OCH3 is 1. The van der Waals surface area contributed by atoms with Crippen molar-refractivity contribution in [3.63, 3.8) is 0 Å². The van der Waals surface area contributed by atoms with Crippen molar-refractivity contribution in [1.82, 2.24) is 39.4 Å². The molecule has 0 spiro atoms. The lowest BCUT2D eigenvalue weighted by molar-refractivity contribution is 0.0565. The van der Waals surface area contributed by atoms with E-state index in [1.165, 1.54) is 12.4 Å². The summed E-state index contributed by atoms with van der Waals surface area (Å²) >= 11 is 0. The van der Waals surface area contributed by atoms with Gasteiger partial charge in [0.15, 0.2) is 11.6 Å². The van der Waals surface area contributed by atoms with Crippen LogP contribution in [0.4, 0.5) is 8.78 Å². The van der Waals surface area contributed by atoms with Crippen LogP contribution in [0.5, 0.6) is 5.75 Å². The summed E-state index contributed by atoms with van der Waals surface area (Å²) in [5, 5.41) is 21.1. The molecule has 0 aliphatic heterocycles. The number of rotatable bonds is 5. The second kappa shape index (κ2) is 6.33. The molecule has 5 rings (SSSR count). The van der Waals surface area contributed by atoms with Crippen molar-refractivity contribution in [1.29, 1.82) is 0 Å². The average molecular weight is 400 g/mol. The highest BCUT2D eigenvalue weighted by atomic mass is 19.3. The molecule has 1 fully saturated rings. The van der Waals surface area contributed by atoms with E-state index in [4.69, 9.17) is 4.74 Å². The Balaban J connectivity index is 1.47. The van der Waals surface area contributed by atoms with Gasteiger partial charge in [0, 0.05) is 25.2 Å². The number of ether oxygens (including phenoxy) is 1. The van der Waals surface area contributed by atoms with Gasteiger partial charge in [-0.05, 0) is 30.9 Å². The van der Waals surface area contributed by atoms with Gasteiger partial charge >= 0.3 is 6.55 Å². The Labute approximate surface area is 163 Å². The van der Waals surface area contributed by atoms with Gasteiger partial charge in [-0.3, -0.25) is 4.68 Å². The van der Waals surface area contributed by atoms with Crippen LogP contribution in [0.3, 0.4) is 0 Å². The van der Waals surface area contributed by atoms with Crippen LogP contribution in [-0.2, 0) is 7.05 Å². The molecule has 1 aliphatic rings. The van der Waals surface area contributed by atoms with Gasteiger partial charge in [-0.25, -0.2) is 4.68 Å². The van der Waals surface area contributed by atoms with Crippen molar-refractivity contribution >= 4 is 5.65 Å². The zero-order valence-corrected chi connectivity index (χ0v) is 16.0. The lowest BCUT2D eigenvalue weighted by atomic mass is 10.1. The molecule has 0 amide bonds. The number of nitrogens with zero attached hydrogens (tertiary/aromatic N) is 8. The summed E-state index contributed by atoms with van der Waals surface area (Å²) < 4.78 is 35.1. The molecule has 11 heteroatoms. The molecule has 0 aromatic carbocycles. The van der Waals surface area contributed by atoms with Gasteiger partial charge in [0.25, 0.3) is 0 Å². The summed E-state index contributed by atoms with van der Waals surface area (Å²) in [7, 11) is 3.43. The number of hydrogen-bond acceptors (Lipinski definition) is 6. The third-order valence-electron chi connectivity index (χ3n) is 5.29. The molecule has 150 valence electrons. The van der Waals surface area contributed by atoms with Crippen LogP contribution in [0.1, 0.15) is 41.9 Å². The van der Waals surface area contributed by atoms with Crippen molar-refractivity contribution in [2.24, 2.45) is 7.05 Å².